The number of esters is 2. The van der Waals surface area contributed by atoms with Crippen molar-refractivity contribution >= 4 is 11.9 Å². The van der Waals surface area contributed by atoms with Gasteiger partial charge in [0, 0.05) is 0 Å². The van der Waals surface area contributed by atoms with Gasteiger partial charge in [-0.25, -0.2) is 9.59 Å². The van der Waals surface area contributed by atoms with E-state index in [0.717, 1.165) is 22.3 Å². The number of carbonyl (C=O) groups excluding carboxylic acids is 2. The van der Waals surface area contributed by atoms with Crippen LogP contribution in [0.25, 0.3) is 0 Å². The Morgan fingerprint density at radius 2 is 1.12 bits per heavy atom. The van der Waals surface area contributed by atoms with Crippen LogP contribution < -0.4 is 9.47 Å². The van der Waals surface area contributed by atoms with Gasteiger partial charge in [0.05, 0.1) is 0 Å². The third kappa shape index (κ3) is 4.22. The van der Waals surface area contributed by atoms with Crippen LogP contribution in [0.2, 0.25) is 0 Å². The molecule has 0 unspecified atom stereocenters. The molecule has 24 heavy (non-hydrogen) atoms. The van der Waals surface area contributed by atoms with Crippen molar-refractivity contribution < 1.29 is 19.1 Å². The number of hydrogen-bond donors (Lipinski definition) is 0. The molecule has 126 valence electrons. The van der Waals surface area contributed by atoms with Gasteiger partial charge in [0.1, 0.15) is 11.5 Å². The van der Waals surface area contributed by atoms with Gasteiger partial charge in [0.15, 0.2) is 0 Å². The molecule has 4 nitrogen and oxygen atoms in total. The van der Waals surface area contributed by atoms with Crippen molar-refractivity contribution in [2.24, 2.45) is 0 Å². The second kappa shape index (κ2) is 7.77. The van der Waals surface area contributed by atoms with E-state index < -0.39 is 11.9 Å². The van der Waals surface area contributed by atoms with Gasteiger partial charge in [-0.3, -0.25) is 0 Å². The summed E-state index contributed by atoms with van der Waals surface area (Å²) in [4.78, 5) is 24.1. The van der Waals surface area contributed by atoms with Crippen molar-refractivity contribution in [1.82, 2.24) is 0 Å². The van der Waals surface area contributed by atoms with Crippen LogP contribution in [0.4, 0.5) is 0 Å². The summed E-state index contributed by atoms with van der Waals surface area (Å²) < 4.78 is 10.4. The molecule has 2 rings (SSSR count). The van der Waals surface area contributed by atoms with Gasteiger partial charge >= 0.3 is 11.9 Å². The molecule has 0 N–H and O–H groups in total. The average Bonchev–Trinajstić information content (AvgIpc) is 2.57. The largest absolute Gasteiger partial charge is 0.423 e. The molecule has 0 aromatic heterocycles. The molecule has 0 atom stereocenters. The molecular formula is C20H22O4. The topological polar surface area (TPSA) is 52.6 Å². The lowest BCUT2D eigenvalue weighted by Gasteiger charge is -2.11. The molecule has 0 spiro atoms. The zero-order valence-electron chi connectivity index (χ0n) is 14.5. The summed E-state index contributed by atoms with van der Waals surface area (Å²) in [6.07, 6.45) is 1.41. The van der Waals surface area contributed by atoms with E-state index >= 15 is 0 Å². The van der Waals surface area contributed by atoms with Crippen LogP contribution in [-0.4, -0.2) is 11.9 Å². The summed E-state index contributed by atoms with van der Waals surface area (Å²) in [5.74, 6) is -1.25. The summed E-state index contributed by atoms with van der Waals surface area (Å²) in [5, 5.41) is 0. The number of carbonyl (C=O) groups is 2. The van der Waals surface area contributed by atoms with E-state index in [-0.39, 0.29) is 0 Å². The monoisotopic (exact) mass is 326 g/mol. The van der Waals surface area contributed by atoms with E-state index in [4.69, 9.17) is 9.47 Å². The average molecular weight is 326 g/mol. The zero-order chi connectivity index (χ0) is 17.7. The van der Waals surface area contributed by atoms with Crippen molar-refractivity contribution in [1.29, 1.82) is 0 Å². The lowest BCUT2D eigenvalue weighted by atomic mass is 10.1. The molecule has 2 aromatic rings. The van der Waals surface area contributed by atoms with Crippen LogP contribution >= 0.6 is 0 Å². The fourth-order valence-corrected chi connectivity index (χ4v) is 2.45. The van der Waals surface area contributed by atoms with Crippen LogP contribution in [0.5, 0.6) is 11.5 Å². The van der Waals surface area contributed by atoms with Crippen molar-refractivity contribution in [3.8, 4) is 11.5 Å². The highest BCUT2D eigenvalue weighted by Gasteiger charge is 2.21. The Morgan fingerprint density at radius 3 is 1.46 bits per heavy atom. The van der Waals surface area contributed by atoms with Crippen LogP contribution in [0, 0.1) is 13.8 Å². The molecule has 0 aliphatic carbocycles. The Bertz CT molecular complexity index is 697. The molecule has 4 heteroatoms. The highest BCUT2D eigenvalue weighted by Crippen LogP contribution is 2.23. The molecule has 0 fully saturated rings. The number of benzene rings is 2. The van der Waals surface area contributed by atoms with Crippen molar-refractivity contribution in [3.63, 3.8) is 0 Å². The van der Waals surface area contributed by atoms with E-state index in [1.807, 2.05) is 52.0 Å². The molecule has 0 heterocycles. The first-order chi connectivity index (χ1) is 11.4. The van der Waals surface area contributed by atoms with Gasteiger partial charge in [-0.2, -0.15) is 0 Å². The van der Waals surface area contributed by atoms with E-state index in [0.29, 0.717) is 24.3 Å². The Balaban J connectivity index is 2.12. The Labute approximate surface area is 142 Å². The second-order valence-corrected chi connectivity index (χ2v) is 5.71. The summed E-state index contributed by atoms with van der Waals surface area (Å²) in [6, 6.07) is 10.9. The lowest BCUT2D eigenvalue weighted by molar-refractivity contribution is -0.156. The molecule has 0 aliphatic rings. The minimum absolute atomic E-state index is 0.393. The predicted molar refractivity (Wildman–Crippen MR) is 92.4 cm³/mol. The number of hydrogen-bond acceptors (Lipinski definition) is 4. The fraction of sp³-hybridized carbons (Fsp3) is 0.300. The third-order valence-corrected chi connectivity index (χ3v) is 3.77. The molecule has 0 amide bonds. The standard InChI is InChI=1S/C20H22O4/c1-5-15-11-13(3)7-9-17(15)23-19(21)20(22)24-18-10-8-14(4)12-16(18)6-2/h7-12H,5-6H2,1-4H3. The van der Waals surface area contributed by atoms with Crippen LogP contribution in [0.15, 0.2) is 36.4 Å². The molecule has 0 saturated heterocycles. The smallest absolute Gasteiger partial charge is 0.418 e. The normalized spacial score (nSPS) is 10.3. The molecule has 2 aromatic carbocycles. The maximum absolute atomic E-state index is 12.0. The first kappa shape index (κ1) is 17.7. The minimum Gasteiger partial charge on any atom is -0.418 e. The molecule has 0 bridgehead atoms. The molecule has 0 aliphatic heterocycles. The first-order valence-electron chi connectivity index (χ1n) is 8.07. The van der Waals surface area contributed by atoms with Crippen molar-refractivity contribution in [2.45, 2.75) is 40.5 Å². The SMILES string of the molecule is CCc1cc(C)ccc1OC(=O)C(=O)Oc1ccc(C)cc1CC. The van der Waals surface area contributed by atoms with Crippen LogP contribution in [0.3, 0.4) is 0 Å². The van der Waals surface area contributed by atoms with Gasteiger partial charge in [0.2, 0.25) is 0 Å². The summed E-state index contributed by atoms with van der Waals surface area (Å²) in [6.45, 7) is 7.85. The Morgan fingerprint density at radius 1 is 0.750 bits per heavy atom. The van der Waals surface area contributed by atoms with Gasteiger partial charge < -0.3 is 9.47 Å². The van der Waals surface area contributed by atoms with Gasteiger partial charge in [-0.1, -0.05) is 49.2 Å². The van der Waals surface area contributed by atoms with E-state index in [9.17, 15) is 9.59 Å². The maximum atomic E-state index is 12.0. The number of rotatable bonds is 4. The van der Waals surface area contributed by atoms with E-state index in [1.165, 1.54) is 0 Å². The zero-order valence-corrected chi connectivity index (χ0v) is 14.5. The first-order valence-corrected chi connectivity index (χ1v) is 8.07. The van der Waals surface area contributed by atoms with Gasteiger partial charge in [0.25, 0.3) is 0 Å². The minimum atomic E-state index is -1.02. The number of aryl methyl sites for hydroxylation is 4. The second-order valence-electron chi connectivity index (χ2n) is 5.71. The van der Waals surface area contributed by atoms with Crippen LogP contribution in [0.1, 0.15) is 36.1 Å². The lowest BCUT2D eigenvalue weighted by Crippen LogP contribution is -2.26. The Kier molecular flexibility index (Phi) is 5.74. The van der Waals surface area contributed by atoms with Crippen molar-refractivity contribution in [3.05, 3.63) is 58.7 Å². The number of ether oxygens (including phenoxy) is 2. The van der Waals surface area contributed by atoms with E-state index in [1.54, 1.807) is 12.1 Å². The highest BCUT2D eigenvalue weighted by molar-refractivity contribution is 6.31. The van der Waals surface area contributed by atoms with Gasteiger partial charge in [-0.05, 0) is 49.9 Å². The van der Waals surface area contributed by atoms with Gasteiger partial charge in [-0.15, -0.1) is 0 Å². The maximum Gasteiger partial charge on any atom is 0.423 e. The Hall–Kier alpha value is -2.62. The van der Waals surface area contributed by atoms with Crippen molar-refractivity contribution in [2.75, 3.05) is 0 Å². The molecular weight excluding hydrogens is 304 g/mol. The molecule has 0 saturated carbocycles. The molecule has 0 radical (unpaired) electrons. The predicted octanol–water partition coefficient (Wildman–Crippen LogP) is 3.94. The van der Waals surface area contributed by atoms with Crippen LogP contribution in [-0.2, 0) is 22.4 Å². The highest BCUT2D eigenvalue weighted by atomic mass is 16.6. The fourth-order valence-electron chi connectivity index (χ4n) is 2.45. The summed E-state index contributed by atoms with van der Waals surface area (Å²) in [5.41, 5.74) is 3.89. The third-order valence-electron chi connectivity index (χ3n) is 3.77. The summed E-state index contributed by atoms with van der Waals surface area (Å²) in [7, 11) is 0. The quantitative estimate of drug-likeness (QED) is 0.485. The van der Waals surface area contributed by atoms with E-state index in [2.05, 4.69) is 0 Å². The summed E-state index contributed by atoms with van der Waals surface area (Å²) >= 11 is 0.